The van der Waals surface area contributed by atoms with Gasteiger partial charge in [-0.3, -0.25) is 0 Å². The number of rotatable bonds is 8. The van der Waals surface area contributed by atoms with Gasteiger partial charge in [-0.1, -0.05) is 0 Å². The highest BCUT2D eigenvalue weighted by Gasteiger charge is 2.90. The minimum absolute atomic E-state index is 0.263. The SMILES string of the molecule is FC(CC(F)(F)C(F)(F)C(F)(F)C(F)(F)C(F)(F)C(F)(F)F)[SiH2]O[SiH3]. The second kappa shape index (κ2) is 6.86. The zero-order valence-corrected chi connectivity index (χ0v) is 15.1. The van der Waals surface area contributed by atoms with Gasteiger partial charge in [0.2, 0.25) is 0 Å². The van der Waals surface area contributed by atoms with Crippen LogP contribution in [0.1, 0.15) is 6.42 Å². The van der Waals surface area contributed by atoms with Gasteiger partial charge in [0.25, 0.3) is 0 Å². The molecule has 0 fully saturated rings. The average Bonchev–Trinajstić information content (AvgIpc) is 2.35. The highest BCUT2D eigenvalue weighted by molar-refractivity contribution is 6.35. The van der Waals surface area contributed by atoms with E-state index in [1.165, 1.54) is 0 Å². The molecule has 0 aliphatic carbocycles. The van der Waals surface area contributed by atoms with Crippen LogP contribution in [0, 0.1) is 0 Å². The molecule has 0 aromatic heterocycles. The van der Waals surface area contributed by atoms with Gasteiger partial charge in [0.1, 0.15) is 16.3 Å². The molecule has 1 atom stereocenters. The summed E-state index contributed by atoms with van der Waals surface area (Å²) in [5.41, 5.74) is 0. The standard InChI is InChI=1S/C8H8F14OSi2/c9-2(25-23-24)1-3(10,11)4(12,13)5(14,15)6(16,17)7(18,19)8(20,21)22/h2H,1,25H2,24H3. The Balaban J connectivity index is 6.03. The van der Waals surface area contributed by atoms with E-state index < -0.39 is 57.8 Å². The molecule has 0 rings (SSSR count). The Morgan fingerprint density at radius 1 is 0.680 bits per heavy atom. The Morgan fingerprint density at radius 3 is 1.36 bits per heavy atom. The van der Waals surface area contributed by atoms with E-state index in [0.29, 0.717) is 0 Å². The molecule has 0 amide bonds. The van der Waals surface area contributed by atoms with Crippen molar-refractivity contribution in [1.29, 1.82) is 0 Å². The van der Waals surface area contributed by atoms with E-state index in [-0.39, 0.29) is 10.5 Å². The second-order valence-corrected chi connectivity index (χ2v) is 8.29. The third-order valence-corrected chi connectivity index (χ3v) is 4.81. The van der Waals surface area contributed by atoms with Crippen molar-refractivity contribution in [3.05, 3.63) is 0 Å². The molecule has 0 N–H and O–H groups in total. The number of alkyl halides is 14. The number of hydrogen-bond acceptors (Lipinski definition) is 1. The van der Waals surface area contributed by atoms with Crippen molar-refractivity contribution in [2.45, 2.75) is 48.0 Å². The molecule has 152 valence electrons. The van der Waals surface area contributed by atoms with E-state index in [2.05, 4.69) is 4.12 Å². The summed E-state index contributed by atoms with van der Waals surface area (Å²) in [5.74, 6) is -40.4. The number of halogens is 14. The van der Waals surface area contributed by atoms with Gasteiger partial charge in [0.15, 0.2) is 9.76 Å². The van der Waals surface area contributed by atoms with Crippen LogP contribution in [0.15, 0.2) is 0 Å². The van der Waals surface area contributed by atoms with Crippen LogP contribution in [0.4, 0.5) is 61.5 Å². The molecule has 25 heavy (non-hydrogen) atoms. The summed E-state index contributed by atoms with van der Waals surface area (Å²) in [5, 5.41) is 0. The molecule has 0 heterocycles. The molecule has 0 bridgehead atoms. The minimum Gasteiger partial charge on any atom is -0.466 e. The lowest BCUT2D eigenvalue weighted by Gasteiger charge is -2.40. The van der Waals surface area contributed by atoms with Gasteiger partial charge in [-0.05, 0) is 0 Å². The summed E-state index contributed by atoms with van der Waals surface area (Å²) in [6, 6.07) is 0. The van der Waals surface area contributed by atoms with Crippen LogP contribution < -0.4 is 0 Å². The van der Waals surface area contributed by atoms with Crippen molar-refractivity contribution in [3.63, 3.8) is 0 Å². The first-order chi connectivity index (χ1) is 10.7. The monoisotopic (exact) mass is 442 g/mol. The van der Waals surface area contributed by atoms with E-state index in [1.54, 1.807) is 0 Å². The Morgan fingerprint density at radius 2 is 1.04 bits per heavy atom. The maximum Gasteiger partial charge on any atom is 0.460 e. The molecule has 0 aliphatic heterocycles. The van der Waals surface area contributed by atoms with Crippen molar-refractivity contribution >= 4 is 20.2 Å². The normalized spacial score (nSPS) is 17.5. The molecule has 0 saturated heterocycles. The first kappa shape index (κ1) is 24.4. The van der Waals surface area contributed by atoms with Crippen LogP contribution in [0.25, 0.3) is 0 Å². The van der Waals surface area contributed by atoms with E-state index >= 15 is 0 Å². The summed E-state index contributed by atoms with van der Waals surface area (Å²) < 4.78 is 182. The molecule has 0 saturated carbocycles. The van der Waals surface area contributed by atoms with Crippen LogP contribution >= 0.6 is 0 Å². The first-order valence-corrected chi connectivity index (χ1v) is 8.00. The van der Waals surface area contributed by atoms with E-state index in [1.807, 2.05) is 0 Å². The zero-order chi connectivity index (χ0) is 20.7. The molecule has 17 heteroatoms. The molecule has 1 unspecified atom stereocenters. The zero-order valence-electron chi connectivity index (χ0n) is 11.7. The van der Waals surface area contributed by atoms with Gasteiger partial charge in [-0.2, -0.15) is 57.1 Å². The highest BCUT2D eigenvalue weighted by atomic mass is 28.3. The van der Waals surface area contributed by atoms with Crippen molar-refractivity contribution in [1.82, 2.24) is 0 Å². The van der Waals surface area contributed by atoms with Crippen molar-refractivity contribution in [3.8, 4) is 0 Å². The van der Waals surface area contributed by atoms with Gasteiger partial charge in [-0.15, -0.1) is 0 Å². The molecular weight excluding hydrogens is 434 g/mol. The molecule has 1 nitrogen and oxygen atoms in total. The summed E-state index contributed by atoms with van der Waals surface area (Å²) in [7, 11) is -2.86. The van der Waals surface area contributed by atoms with Crippen molar-refractivity contribution in [2.75, 3.05) is 0 Å². The topological polar surface area (TPSA) is 9.23 Å². The highest BCUT2D eigenvalue weighted by Crippen LogP contribution is 2.60. The Labute approximate surface area is 135 Å². The average molecular weight is 442 g/mol. The smallest absolute Gasteiger partial charge is 0.460 e. The van der Waals surface area contributed by atoms with E-state index in [4.69, 9.17) is 0 Å². The minimum atomic E-state index is -7.96. The van der Waals surface area contributed by atoms with Gasteiger partial charge in [0, 0.05) is 6.42 Å². The Bertz CT molecular complexity index is 460. The van der Waals surface area contributed by atoms with Crippen LogP contribution in [-0.4, -0.2) is 61.8 Å². The summed E-state index contributed by atoms with van der Waals surface area (Å²) >= 11 is 0. The third-order valence-electron chi connectivity index (χ3n) is 2.82. The fourth-order valence-corrected chi connectivity index (χ4v) is 3.38. The quantitative estimate of drug-likeness (QED) is 0.415. The predicted octanol–water partition coefficient (Wildman–Crippen LogP) is 2.79. The van der Waals surface area contributed by atoms with Crippen molar-refractivity contribution in [2.24, 2.45) is 0 Å². The Kier molecular flexibility index (Phi) is 6.70. The lowest BCUT2D eigenvalue weighted by molar-refractivity contribution is -0.440. The van der Waals surface area contributed by atoms with Gasteiger partial charge >= 0.3 is 35.8 Å². The summed E-state index contributed by atoms with van der Waals surface area (Å²) in [6.45, 7) is 0. The fraction of sp³-hybridized carbons (Fsp3) is 1.00. The van der Waals surface area contributed by atoms with E-state index in [9.17, 15) is 61.5 Å². The first-order valence-electron chi connectivity index (χ1n) is 5.79. The largest absolute Gasteiger partial charge is 0.466 e. The lowest BCUT2D eigenvalue weighted by Crippen LogP contribution is -2.70. The maximum absolute atomic E-state index is 13.1. The third kappa shape index (κ3) is 3.91. The van der Waals surface area contributed by atoms with Gasteiger partial charge < -0.3 is 4.12 Å². The van der Waals surface area contributed by atoms with Crippen LogP contribution in [-0.2, 0) is 4.12 Å². The van der Waals surface area contributed by atoms with Crippen molar-refractivity contribution < 1.29 is 65.6 Å². The Hall–Kier alpha value is -0.586. The van der Waals surface area contributed by atoms with Gasteiger partial charge in [0.05, 0.1) is 0 Å². The fourth-order valence-electron chi connectivity index (χ4n) is 1.45. The molecule has 0 aliphatic rings. The van der Waals surface area contributed by atoms with Crippen LogP contribution in [0.2, 0.25) is 0 Å². The molecular formula is C8H8F14OSi2. The number of hydrogen-bond donors (Lipinski definition) is 0. The lowest BCUT2D eigenvalue weighted by atomic mass is 9.93. The molecule has 0 aromatic carbocycles. The summed E-state index contributed by atoms with van der Waals surface area (Å²) in [6.07, 6.45) is -10.3. The molecule has 0 radical (unpaired) electrons. The summed E-state index contributed by atoms with van der Waals surface area (Å²) in [4.78, 5) is 0. The van der Waals surface area contributed by atoms with E-state index in [0.717, 1.165) is 0 Å². The predicted molar refractivity (Wildman–Crippen MR) is 59.9 cm³/mol. The van der Waals surface area contributed by atoms with Crippen LogP contribution in [0.5, 0.6) is 0 Å². The molecule has 0 spiro atoms. The maximum atomic E-state index is 13.1. The second-order valence-electron chi connectivity index (χ2n) is 4.76. The van der Waals surface area contributed by atoms with Crippen LogP contribution in [0.3, 0.4) is 0 Å². The van der Waals surface area contributed by atoms with Gasteiger partial charge in [-0.25, -0.2) is 4.39 Å². The molecule has 0 aromatic rings.